The molecule has 1 heterocycles. The van der Waals surface area contributed by atoms with Gasteiger partial charge in [0, 0.05) is 26.6 Å². The standard InChI is InChI=1S/C12H23N5O.HI/c1-9(2)8-15-12(13-4)14-7-5-6-11-16-10(3)17-18-11;/h9H,5-8H2,1-4H3,(H2,13,14,15);1H. The Morgan fingerprint density at radius 2 is 2.11 bits per heavy atom. The van der Waals surface area contributed by atoms with E-state index in [0.29, 0.717) is 17.6 Å². The zero-order valence-electron chi connectivity index (χ0n) is 12.1. The SMILES string of the molecule is CN=C(NCCCc1nc(C)no1)NCC(C)C.I. The van der Waals surface area contributed by atoms with E-state index < -0.39 is 0 Å². The third-order valence-corrected chi connectivity index (χ3v) is 2.33. The lowest BCUT2D eigenvalue weighted by atomic mass is 10.2. The number of hydrogen-bond acceptors (Lipinski definition) is 4. The Kier molecular flexibility index (Phi) is 9.54. The lowest BCUT2D eigenvalue weighted by Crippen LogP contribution is -2.39. The Morgan fingerprint density at radius 1 is 1.37 bits per heavy atom. The van der Waals surface area contributed by atoms with E-state index in [2.05, 4.69) is 39.6 Å². The lowest BCUT2D eigenvalue weighted by Gasteiger charge is -2.12. The molecule has 0 saturated carbocycles. The van der Waals surface area contributed by atoms with Gasteiger partial charge in [0.1, 0.15) is 0 Å². The number of guanidine groups is 1. The van der Waals surface area contributed by atoms with Crippen molar-refractivity contribution >= 4 is 29.9 Å². The average Bonchev–Trinajstić information content (AvgIpc) is 2.74. The second kappa shape index (κ2) is 9.99. The molecule has 0 spiro atoms. The fourth-order valence-electron chi connectivity index (χ4n) is 1.41. The maximum atomic E-state index is 5.04. The van der Waals surface area contributed by atoms with Crippen molar-refractivity contribution in [1.82, 2.24) is 20.8 Å². The average molecular weight is 381 g/mol. The first kappa shape index (κ1) is 18.1. The molecule has 110 valence electrons. The minimum atomic E-state index is 0. The van der Waals surface area contributed by atoms with E-state index in [-0.39, 0.29) is 24.0 Å². The monoisotopic (exact) mass is 381 g/mol. The molecule has 1 rings (SSSR count). The van der Waals surface area contributed by atoms with E-state index in [4.69, 9.17) is 4.52 Å². The van der Waals surface area contributed by atoms with Gasteiger partial charge in [0.25, 0.3) is 0 Å². The van der Waals surface area contributed by atoms with Crippen molar-refractivity contribution in [2.75, 3.05) is 20.1 Å². The van der Waals surface area contributed by atoms with Crippen molar-refractivity contribution in [2.24, 2.45) is 10.9 Å². The highest BCUT2D eigenvalue weighted by molar-refractivity contribution is 14.0. The van der Waals surface area contributed by atoms with E-state index in [1.807, 2.05) is 6.92 Å². The van der Waals surface area contributed by atoms with Crippen molar-refractivity contribution in [3.8, 4) is 0 Å². The summed E-state index contributed by atoms with van der Waals surface area (Å²) in [5.74, 6) is 2.82. The summed E-state index contributed by atoms with van der Waals surface area (Å²) in [7, 11) is 1.77. The van der Waals surface area contributed by atoms with Crippen LogP contribution in [0.25, 0.3) is 0 Å². The molecule has 0 atom stereocenters. The summed E-state index contributed by atoms with van der Waals surface area (Å²) in [6.07, 6.45) is 1.72. The number of aliphatic imine (C=N–C) groups is 1. The van der Waals surface area contributed by atoms with Crippen molar-refractivity contribution in [1.29, 1.82) is 0 Å². The molecule has 1 aromatic rings. The first-order valence-electron chi connectivity index (χ1n) is 6.35. The van der Waals surface area contributed by atoms with E-state index in [1.54, 1.807) is 7.05 Å². The molecular weight excluding hydrogens is 357 g/mol. The molecule has 0 saturated heterocycles. The molecular formula is C12H24IN5O. The summed E-state index contributed by atoms with van der Waals surface area (Å²) in [5, 5.41) is 10.3. The van der Waals surface area contributed by atoms with Gasteiger partial charge >= 0.3 is 0 Å². The molecule has 0 unspecified atom stereocenters. The first-order valence-corrected chi connectivity index (χ1v) is 6.35. The topological polar surface area (TPSA) is 75.3 Å². The molecule has 0 amide bonds. The molecule has 0 aliphatic heterocycles. The lowest BCUT2D eigenvalue weighted by molar-refractivity contribution is 0.372. The zero-order valence-corrected chi connectivity index (χ0v) is 14.4. The Hall–Kier alpha value is -0.860. The summed E-state index contributed by atoms with van der Waals surface area (Å²) >= 11 is 0. The van der Waals surface area contributed by atoms with Crippen molar-refractivity contribution in [3.05, 3.63) is 11.7 Å². The summed E-state index contributed by atoms with van der Waals surface area (Å²) in [6, 6.07) is 0. The summed E-state index contributed by atoms with van der Waals surface area (Å²) in [5.41, 5.74) is 0. The Morgan fingerprint density at radius 3 is 2.63 bits per heavy atom. The van der Waals surface area contributed by atoms with E-state index in [0.717, 1.165) is 31.9 Å². The number of nitrogens with zero attached hydrogens (tertiary/aromatic N) is 3. The van der Waals surface area contributed by atoms with Crippen LogP contribution in [0.4, 0.5) is 0 Å². The van der Waals surface area contributed by atoms with Gasteiger partial charge in [0.15, 0.2) is 11.8 Å². The third-order valence-electron chi connectivity index (χ3n) is 2.33. The van der Waals surface area contributed by atoms with Crippen LogP contribution in [-0.2, 0) is 6.42 Å². The molecule has 0 bridgehead atoms. The van der Waals surface area contributed by atoms with Gasteiger partial charge in [-0.3, -0.25) is 4.99 Å². The number of aryl methyl sites for hydroxylation is 2. The van der Waals surface area contributed by atoms with Gasteiger partial charge in [-0.1, -0.05) is 19.0 Å². The van der Waals surface area contributed by atoms with Crippen molar-refractivity contribution < 1.29 is 4.52 Å². The van der Waals surface area contributed by atoms with E-state index in [9.17, 15) is 0 Å². The molecule has 0 aliphatic rings. The number of rotatable bonds is 6. The highest BCUT2D eigenvalue weighted by atomic mass is 127. The maximum Gasteiger partial charge on any atom is 0.226 e. The van der Waals surface area contributed by atoms with Crippen LogP contribution in [0.2, 0.25) is 0 Å². The molecule has 19 heavy (non-hydrogen) atoms. The van der Waals surface area contributed by atoms with Gasteiger partial charge in [0.2, 0.25) is 5.89 Å². The molecule has 0 aromatic carbocycles. The number of halogens is 1. The largest absolute Gasteiger partial charge is 0.356 e. The number of aromatic nitrogens is 2. The Balaban J connectivity index is 0.00000324. The van der Waals surface area contributed by atoms with Crippen LogP contribution in [0.5, 0.6) is 0 Å². The van der Waals surface area contributed by atoms with Crippen molar-refractivity contribution in [3.63, 3.8) is 0 Å². The second-order valence-corrected chi connectivity index (χ2v) is 4.61. The molecule has 2 N–H and O–H groups in total. The van der Waals surface area contributed by atoms with Crippen LogP contribution in [0.15, 0.2) is 9.52 Å². The van der Waals surface area contributed by atoms with Crippen LogP contribution in [0.3, 0.4) is 0 Å². The fraction of sp³-hybridized carbons (Fsp3) is 0.750. The van der Waals surface area contributed by atoms with Gasteiger partial charge in [0.05, 0.1) is 0 Å². The predicted octanol–water partition coefficient (Wildman–Crippen LogP) is 1.75. The van der Waals surface area contributed by atoms with Crippen LogP contribution in [-0.4, -0.2) is 36.2 Å². The van der Waals surface area contributed by atoms with Gasteiger partial charge < -0.3 is 15.2 Å². The molecule has 6 nitrogen and oxygen atoms in total. The van der Waals surface area contributed by atoms with Gasteiger partial charge in [-0.15, -0.1) is 24.0 Å². The summed E-state index contributed by atoms with van der Waals surface area (Å²) < 4.78 is 5.04. The van der Waals surface area contributed by atoms with Gasteiger partial charge in [-0.2, -0.15) is 4.98 Å². The number of nitrogens with one attached hydrogen (secondary N) is 2. The molecule has 0 radical (unpaired) electrons. The smallest absolute Gasteiger partial charge is 0.226 e. The Bertz CT molecular complexity index is 378. The third kappa shape index (κ3) is 8.02. The first-order chi connectivity index (χ1) is 8.61. The van der Waals surface area contributed by atoms with Crippen LogP contribution in [0, 0.1) is 12.8 Å². The van der Waals surface area contributed by atoms with E-state index in [1.165, 1.54) is 0 Å². The van der Waals surface area contributed by atoms with Gasteiger partial charge in [-0.05, 0) is 19.3 Å². The quantitative estimate of drug-likeness (QED) is 0.340. The summed E-state index contributed by atoms with van der Waals surface area (Å²) in [4.78, 5) is 8.31. The van der Waals surface area contributed by atoms with Crippen LogP contribution < -0.4 is 10.6 Å². The minimum absolute atomic E-state index is 0. The number of hydrogen-bond donors (Lipinski definition) is 2. The molecule has 1 aromatic heterocycles. The molecule has 0 fully saturated rings. The van der Waals surface area contributed by atoms with E-state index >= 15 is 0 Å². The molecule has 0 aliphatic carbocycles. The van der Waals surface area contributed by atoms with Crippen LogP contribution >= 0.6 is 24.0 Å². The zero-order chi connectivity index (χ0) is 13.4. The maximum absolute atomic E-state index is 5.04. The second-order valence-electron chi connectivity index (χ2n) is 4.61. The highest BCUT2D eigenvalue weighted by Crippen LogP contribution is 1.98. The predicted molar refractivity (Wildman–Crippen MR) is 87.0 cm³/mol. The van der Waals surface area contributed by atoms with Crippen LogP contribution in [0.1, 0.15) is 32.0 Å². The normalized spacial score (nSPS) is 11.3. The fourth-order valence-corrected chi connectivity index (χ4v) is 1.41. The van der Waals surface area contributed by atoms with Crippen molar-refractivity contribution in [2.45, 2.75) is 33.6 Å². The Labute approximate surface area is 131 Å². The van der Waals surface area contributed by atoms with Gasteiger partial charge in [-0.25, -0.2) is 0 Å². The molecule has 7 heteroatoms. The highest BCUT2D eigenvalue weighted by Gasteiger charge is 2.03. The summed E-state index contributed by atoms with van der Waals surface area (Å²) in [6.45, 7) is 7.90. The minimum Gasteiger partial charge on any atom is -0.356 e.